The lowest BCUT2D eigenvalue weighted by atomic mass is 9.72. The van der Waals surface area contributed by atoms with Crippen LogP contribution >= 0.6 is 0 Å². The molecule has 1 aliphatic carbocycles. The first-order valence-electron chi connectivity index (χ1n) is 10.5. The van der Waals surface area contributed by atoms with E-state index >= 15 is 0 Å². The standard InChI is InChI=1S/C25H24N2O5/c1-13-22-23(18-12-17(30-2)8-9-21(18)31-3)24-19(26-25(22)32-27-13)10-15(11-20(24)29)14-4-6-16(28)7-5-14/h4-9,12,15,23,26,28H,10-11H2,1-3H3/t15-,23+/m1/s1. The molecule has 1 aromatic heterocycles. The maximum absolute atomic E-state index is 13.6. The molecule has 7 heteroatoms. The number of fused-ring (bicyclic) bond motifs is 1. The minimum absolute atomic E-state index is 0.00720. The zero-order valence-electron chi connectivity index (χ0n) is 18.1. The summed E-state index contributed by atoms with van der Waals surface area (Å²) in [6.45, 7) is 1.88. The molecule has 0 fully saturated rings. The second-order valence-corrected chi connectivity index (χ2v) is 8.19. The van der Waals surface area contributed by atoms with Gasteiger partial charge in [0.05, 0.1) is 31.4 Å². The Labute approximate surface area is 185 Å². The van der Waals surface area contributed by atoms with E-state index in [1.807, 2.05) is 37.3 Å². The molecule has 1 aliphatic heterocycles. The van der Waals surface area contributed by atoms with Crippen LogP contribution in [0, 0.1) is 6.92 Å². The summed E-state index contributed by atoms with van der Waals surface area (Å²) in [5.41, 5.74) is 4.96. The lowest BCUT2D eigenvalue weighted by Gasteiger charge is -2.35. The van der Waals surface area contributed by atoms with Crippen LogP contribution in [0.2, 0.25) is 0 Å². The quantitative estimate of drug-likeness (QED) is 0.619. The largest absolute Gasteiger partial charge is 0.508 e. The van der Waals surface area contributed by atoms with E-state index in [1.165, 1.54) is 0 Å². The van der Waals surface area contributed by atoms with Crippen molar-refractivity contribution < 1.29 is 23.9 Å². The molecular formula is C25H24N2O5. The molecule has 0 saturated carbocycles. The van der Waals surface area contributed by atoms with Gasteiger partial charge in [0.25, 0.3) is 0 Å². The molecule has 3 aromatic rings. The second kappa shape index (κ2) is 7.75. The molecule has 0 unspecified atom stereocenters. The Balaban J connectivity index is 1.65. The van der Waals surface area contributed by atoms with E-state index in [9.17, 15) is 9.90 Å². The van der Waals surface area contributed by atoms with Crippen molar-refractivity contribution in [3.8, 4) is 17.2 Å². The normalized spacial score (nSPS) is 19.8. The number of ketones is 1. The van der Waals surface area contributed by atoms with E-state index in [1.54, 1.807) is 26.4 Å². The molecule has 2 aromatic carbocycles. The second-order valence-electron chi connectivity index (χ2n) is 8.19. The van der Waals surface area contributed by atoms with Gasteiger partial charge in [0.1, 0.15) is 17.2 Å². The Morgan fingerprint density at radius 1 is 1.09 bits per heavy atom. The third-order valence-electron chi connectivity index (χ3n) is 6.37. The molecule has 164 valence electrons. The van der Waals surface area contributed by atoms with Gasteiger partial charge < -0.3 is 24.4 Å². The maximum atomic E-state index is 13.6. The number of nitrogens with one attached hydrogen (secondary N) is 1. The van der Waals surface area contributed by atoms with Crippen molar-refractivity contribution >= 4 is 11.7 Å². The number of ether oxygens (including phenoxy) is 2. The van der Waals surface area contributed by atoms with Crippen molar-refractivity contribution in [1.82, 2.24) is 5.16 Å². The van der Waals surface area contributed by atoms with Crippen LogP contribution in [0.25, 0.3) is 0 Å². The van der Waals surface area contributed by atoms with Gasteiger partial charge in [-0.15, -0.1) is 0 Å². The van der Waals surface area contributed by atoms with E-state index in [0.29, 0.717) is 35.8 Å². The Morgan fingerprint density at radius 3 is 2.59 bits per heavy atom. The minimum Gasteiger partial charge on any atom is -0.508 e. The lowest BCUT2D eigenvalue weighted by Crippen LogP contribution is -2.29. The maximum Gasteiger partial charge on any atom is 0.233 e. The fourth-order valence-corrected chi connectivity index (χ4v) is 4.83. The number of aromatic hydroxyl groups is 1. The van der Waals surface area contributed by atoms with E-state index in [2.05, 4.69) is 10.5 Å². The molecule has 2 heterocycles. The number of carbonyl (C=O) groups excluding carboxylic acids is 1. The number of hydrogen-bond acceptors (Lipinski definition) is 7. The number of benzene rings is 2. The predicted octanol–water partition coefficient (Wildman–Crippen LogP) is 4.66. The molecule has 0 amide bonds. The van der Waals surface area contributed by atoms with E-state index < -0.39 is 0 Å². The minimum atomic E-state index is -0.370. The number of aromatic nitrogens is 1. The van der Waals surface area contributed by atoms with Gasteiger partial charge >= 0.3 is 0 Å². The van der Waals surface area contributed by atoms with Crippen LogP contribution in [-0.4, -0.2) is 30.3 Å². The Kier molecular flexibility index (Phi) is 4.89. The number of Topliss-reactive ketones (excluding diaryl/α,β-unsaturated/α-hetero) is 1. The summed E-state index contributed by atoms with van der Waals surface area (Å²) in [5, 5.41) is 17.1. The number of methoxy groups -OCH3 is 2. The average molecular weight is 432 g/mol. The zero-order valence-corrected chi connectivity index (χ0v) is 18.1. The molecule has 0 radical (unpaired) electrons. The average Bonchev–Trinajstić information content (AvgIpc) is 3.17. The molecule has 2 aliphatic rings. The number of allylic oxidation sites excluding steroid dienone is 2. The molecule has 0 bridgehead atoms. The van der Waals surface area contributed by atoms with Crippen molar-refractivity contribution in [2.75, 3.05) is 19.5 Å². The van der Waals surface area contributed by atoms with E-state index in [4.69, 9.17) is 14.0 Å². The molecule has 7 nitrogen and oxygen atoms in total. The molecule has 0 spiro atoms. The highest BCUT2D eigenvalue weighted by atomic mass is 16.5. The van der Waals surface area contributed by atoms with Crippen LogP contribution in [0.3, 0.4) is 0 Å². The van der Waals surface area contributed by atoms with Crippen LogP contribution in [0.4, 0.5) is 5.88 Å². The number of aryl methyl sites for hydroxylation is 1. The first-order chi connectivity index (χ1) is 15.5. The number of rotatable bonds is 4. The van der Waals surface area contributed by atoms with E-state index in [-0.39, 0.29) is 23.4 Å². The number of phenols is 1. The van der Waals surface area contributed by atoms with Crippen LogP contribution in [0.5, 0.6) is 17.2 Å². The van der Waals surface area contributed by atoms with Crippen molar-refractivity contribution in [1.29, 1.82) is 0 Å². The van der Waals surface area contributed by atoms with Gasteiger partial charge in [0.15, 0.2) is 5.78 Å². The fraction of sp³-hybridized carbons (Fsp3) is 0.280. The highest BCUT2D eigenvalue weighted by molar-refractivity contribution is 6.01. The monoisotopic (exact) mass is 432 g/mol. The number of anilines is 1. The fourth-order valence-electron chi connectivity index (χ4n) is 4.83. The topological polar surface area (TPSA) is 93.8 Å². The van der Waals surface area contributed by atoms with Crippen molar-refractivity contribution in [2.24, 2.45) is 0 Å². The number of nitrogens with zero attached hydrogens (tertiary/aromatic N) is 1. The van der Waals surface area contributed by atoms with Gasteiger partial charge in [-0.25, -0.2) is 0 Å². The van der Waals surface area contributed by atoms with Crippen molar-refractivity contribution in [3.05, 3.63) is 76.1 Å². The van der Waals surface area contributed by atoms with Gasteiger partial charge in [-0.1, -0.05) is 17.3 Å². The highest BCUT2D eigenvalue weighted by Gasteiger charge is 2.42. The van der Waals surface area contributed by atoms with E-state index in [0.717, 1.165) is 28.1 Å². The van der Waals surface area contributed by atoms with Gasteiger partial charge in [0, 0.05) is 23.3 Å². The molecule has 5 rings (SSSR count). The SMILES string of the molecule is COc1ccc(OC)c([C@@H]2C3=C(C[C@@H](c4ccc(O)cc4)CC3=O)Nc3onc(C)c32)c1. The third-order valence-corrected chi connectivity index (χ3v) is 6.37. The first-order valence-corrected chi connectivity index (χ1v) is 10.5. The van der Waals surface area contributed by atoms with Crippen LogP contribution in [0.1, 0.15) is 47.1 Å². The molecule has 0 saturated heterocycles. The summed E-state index contributed by atoms with van der Waals surface area (Å²) in [7, 11) is 3.23. The summed E-state index contributed by atoms with van der Waals surface area (Å²) in [6, 6.07) is 12.6. The molecule has 32 heavy (non-hydrogen) atoms. The predicted molar refractivity (Wildman–Crippen MR) is 118 cm³/mol. The number of carbonyl (C=O) groups is 1. The summed E-state index contributed by atoms with van der Waals surface area (Å²) < 4.78 is 16.7. The van der Waals surface area contributed by atoms with Gasteiger partial charge in [-0.3, -0.25) is 4.79 Å². The molecule has 2 N–H and O–H groups in total. The lowest BCUT2D eigenvalue weighted by molar-refractivity contribution is -0.116. The summed E-state index contributed by atoms with van der Waals surface area (Å²) in [5.74, 6) is 1.82. The Hall–Kier alpha value is -3.74. The van der Waals surface area contributed by atoms with Crippen LogP contribution in [0.15, 0.2) is 58.3 Å². The first kappa shape index (κ1) is 20.2. The zero-order chi connectivity index (χ0) is 22.4. The van der Waals surface area contributed by atoms with Gasteiger partial charge in [0.2, 0.25) is 5.88 Å². The number of hydrogen-bond donors (Lipinski definition) is 2. The summed E-state index contributed by atoms with van der Waals surface area (Å²) >= 11 is 0. The molecule has 2 atom stereocenters. The summed E-state index contributed by atoms with van der Waals surface area (Å²) in [4.78, 5) is 13.6. The summed E-state index contributed by atoms with van der Waals surface area (Å²) in [6.07, 6.45) is 1.03. The van der Waals surface area contributed by atoms with Crippen molar-refractivity contribution in [2.45, 2.75) is 31.6 Å². The number of phenolic OH excluding ortho intramolecular Hbond substituents is 1. The third kappa shape index (κ3) is 3.21. The van der Waals surface area contributed by atoms with Gasteiger partial charge in [-0.2, -0.15) is 0 Å². The molecular weight excluding hydrogens is 408 g/mol. The smallest absolute Gasteiger partial charge is 0.233 e. The van der Waals surface area contributed by atoms with Crippen molar-refractivity contribution in [3.63, 3.8) is 0 Å². The van der Waals surface area contributed by atoms with Gasteiger partial charge in [-0.05, 0) is 55.2 Å². The van der Waals surface area contributed by atoms with Crippen LogP contribution in [-0.2, 0) is 4.79 Å². The Morgan fingerprint density at radius 2 is 1.88 bits per heavy atom. The highest BCUT2D eigenvalue weighted by Crippen LogP contribution is 2.51. The Bertz CT molecular complexity index is 1230. The van der Waals surface area contributed by atoms with Crippen LogP contribution < -0.4 is 14.8 Å².